The van der Waals surface area contributed by atoms with E-state index in [-0.39, 0.29) is 5.75 Å². The Bertz CT molecular complexity index is 930. The molecule has 2 aromatic carbocycles. The van der Waals surface area contributed by atoms with Gasteiger partial charge in [-0.3, -0.25) is 0 Å². The molecular formula is C23H31ClN2O2S. The Morgan fingerprint density at radius 1 is 1.14 bits per heavy atom. The first-order valence-corrected chi connectivity index (χ1v) is 12.5. The van der Waals surface area contributed by atoms with Gasteiger partial charge in [-0.15, -0.1) is 0 Å². The van der Waals surface area contributed by atoms with Crippen LogP contribution in [0.25, 0.3) is 0 Å². The molecule has 4 nitrogen and oxygen atoms in total. The topological polar surface area (TPSA) is 58.2 Å². The van der Waals surface area contributed by atoms with Crippen molar-refractivity contribution in [2.24, 2.45) is 0 Å². The van der Waals surface area contributed by atoms with Crippen molar-refractivity contribution in [3.05, 3.63) is 69.7 Å². The molecule has 2 unspecified atom stereocenters. The van der Waals surface area contributed by atoms with Crippen LogP contribution in [0.15, 0.2) is 42.5 Å². The summed E-state index contributed by atoms with van der Waals surface area (Å²) in [6.45, 7) is 2.32. The molecule has 29 heavy (non-hydrogen) atoms. The molecule has 0 amide bonds. The third-order valence-electron chi connectivity index (χ3n) is 5.74. The van der Waals surface area contributed by atoms with Crippen molar-refractivity contribution in [2.75, 3.05) is 19.3 Å². The maximum atomic E-state index is 11.9. The Morgan fingerprint density at radius 2 is 1.97 bits per heavy atom. The molecule has 0 aliphatic heterocycles. The minimum Gasteiger partial charge on any atom is -0.316 e. The first-order chi connectivity index (χ1) is 13.9. The van der Waals surface area contributed by atoms with Crippen molar-refractivity contribution in [1.29, 1.82) is 0 Å². The van der Waals surface area contributed by atoms with Crippen LogP contribution in [0.2, 0.25) is 5.02 Å². The molecule has 1 aliphatic rings. The Labute approximate surface area is 180 Å². The third kappa shape index (κ3) is 6.05. The molecule has 2 atom stereocenters. The van der Waals surface area contributed by atoms with Crippen LogP contribution < -0.4 is 10.0 Å². The molecule has 158 valence electrons. The molecule has 0 aromatic heterocycles. The fourth-order valence-corrected chi connectivity index (χ4v) is 5.62. The number of likely N-dealkylation sites (N-methyl/N-ethyl adjacent to an activating group) is 1. The number of sulfonamides is 1. The van der Waals surface area contributed by atoms with Crippen LogP contribution >= 0.6 is 11.6 Å². The number of hydrogen-bond donors (Lipinski definition) is 2. The van der Waals surface area contributed by atoms with Gasteiger partial charge in [0.2, 0.25) is 10.0 Å². The van der Waals surface area contributed by atoms with E-state index in [1.165, 1.54) is 22.3 Å². The lowest BCUT2D eigenvalue weighted by Crippen LogP contribution is -2.37. The standard InChI is InChI=1S/C23H31ClN2O2S/c1-3-13-29(27,28)26-12-11-17-7-8-19-9-10-23(25-2)22(21(19)15-17)16-18-5-4-6-20(24)14-18/h4-8,14-15,22-23,25-26H,3,9-13,16H2,1-2H3. The maximum Gasteiger partial charge on any atom is 0.211 e. The van der Waals surface area contributed by atoms with Gasteiger partial charge in [0, 0.05) is 23.5 Å². The zero-order valence-electron chi connectivity index (χ0n) is 17.2. The summed E-state index contributed by atoms with van der Waals surface area (Å²) in [7, 11) is -1.13. The quantitative estimate of drug-likeness (QED) is 0.625. The second-order valence-corrected chi connectivity index (χ2v) is 10.2. The Balaban J connectivity index is 1.78. The van der Waals surface area contributed by atoms with Crippen LogP contribution in [-0.4, -0.2) is 33.8 Å². The van der Waals surface area contributed by atoms with Gasteiger partial charge in [-0.25, -0.2) is 13.1 Å². The SMILES string of the molecule is CCCS(=O)(=O)NCCc1ccc2c(c1)C(Cc1cccc(Cl)c1)C(NC)CC2. The number of hydrogen-bond acceptors (Lipinski definition) is 3. The molecule has 6 heteroatoms. The molecule has 0 spiro atoms. The van der Waals surface area contributed by atoms with E-state index in [0.717, 1.165) is 24.3 Å². The van der Waals surface area contributed by atoms with E-state index in [1.54, 1.807) is 0 Å². The average Bonchev–Trinajstić information content (AvgIpc) is 2.68. The number of halogens is 1. The van der Waals surface area contributed by atoms with Gasteiger partial charge >= 0.3 is 0 Å². The number of fused-ring (bicyclic) bond motifs is 1. The van der Waals surface area contributed by atoms with Crippen LogP contribution in [0.1, 0.15) is 47.9 Å². The molecule has 2 N–H and O–H groups in total. The second-order valence-electron chi connectivity index (χ2n) is 7.87. The summed E-state index contributed by atoms with van der Waals surface area (Å²) in [4.78, 5) is 0. The van der Waals surface area contributed by atoms with Gasteiger partial charge in [0.1, 0.15) is 0 Å². The second kappa shape index (κ2) is 10.1. The summed E-state index contributed by atoms with van der Waals surface area (Å²) in [5, 5.41) is 4.27. The van der Waals surface area contributed by atoms with Gasteiger partial charge in [0.05, 0.1) is 5.75 Å². The Kier molecular flexibility index (Phi) is 7.74. The Hall–Kier alpha value is -1.40. The number of aryl methyl sites for hydroxylation is 1. The normalized spacial score (nSPS) is 19.1. The average molecular weight is 435 g/mol. The largest absolute Gasteiger partial charge is 0.316 e. The van der Waals surface area contributed by atoms with Crippen LogP contribution in [-0.2, 0) is 29.3 Å². The van der Waals surface area contributed by atoms with Crippen LogP contribution in [0.4, 0.5) is 0 Å². The summed E-state index contributed by atoms with van der Waals surface area (Å²) in [6, 6.07) is 15.2. The molecule has 3 rings (SSSR count). The lowest BCUT2D eigenvalue weighted by Gasteiger charge is -2.34. The van der Waals surface area contributed by atoms with Crippen LogP contribution in [0.3, 0.4) is 0 Å². The Morgan fingerprint density at radius 3 is 2.69 bits per heavy atom. The van der Waals surface area contributed by atoms with Crippen LogP contribution in [0, 0.1) is 0 Å². The maximum absolute atomic E-state index is 11.9. The number of nitrogens with one attached hydrogen (secondary N) is 2. The fourth-order valence-electron chi connectivity index (χ4n) is 4.31. The number of benzene rings is 2. The highest BCUT2D eigenvalue weighted by Gasteiger charge is 2.29. The highest BCUT2D eigenvalue weighted by molar-refractivity contribution is 7.89. The smallest absolute Gasteiger partial charge is 0.211 e. The molecule has 0 saturated carbocycles. The van der Waals surface area contributed by atoms with Gasteiger partial charge < -0.3 is 5.32 Å². The summed E-state index contributed by atoms with van der Waals surface area (Å²) in [5.41, 5.74) is 5.20. The molecular weight excluding hydrogens is 404 g/mol. The first kappa shape index (κ1) is 22.3. The lowest BCUT2D eigenvalue weighted by molar-refractivity contribution is 0.409. The van der Waals surface area contributed by atoms with Crippen LogP contribution in [0.5, 0.6) is 0 Å². The van der Waals surface area contributed by atoms with Gasteiger partial charge in [0.15, 0.2) is 0 Å². The number of rotatable bonds is 9. The summed E-state index contributed by atoms with van der Waals surface area (Å²) in [6.07, 6.45) is 4.45. The van der Waals surface area contributed by atoms with E-state index in [4.69, 9.17) is 11.6 Å². The molecule has 1 aliphatic carbocycles. The highest BCUT2D eigenvalue weighted by Crippen LogP contribution is 2.35. The minimum atomic E-state index is -3.16. The highest BCUT2D eigenvalue weighted by atomic mass is 35.5. The molecule has 0 radical (unpaired) electrons. The lowest BCUT2D eigenvalue weighted by atomic mass is 9.75. The summed E-state index contributed by atoms with van der Waals surface area (Å²) < 4.78 is 26.5. The van der Waals surface area contributed by atoms with Gasteiger partial charge in [-0.05, 0) is 73.5 Å². The van der Waals surface area contributed by atoms with Gasteiger partial charge in [-0.1, -0.05) is 48.9 Å². The van der Waals surface area contributed by atoms with Crippen molar-refractivity contribution in [1.82, 2.24) is 10.0 Å². The van der Waals surface area contributed by atoms with E-state index in [0.29, 0.717) is 31.3 Å². The minimum absolute atomic E-state index is 0.183. The van der Waals surface area contributed by atoms with Crippen molar-refractivity contribution in [3.63, 3.8) is 0 Å². The van der Waals surface area contributed by atoms with Crippen molar-refractivity contribution in [2.45, 2.75) is 51.0 Å². The van der Waals surface area contributed by atoms with Gasteiger partial charge in [-0.2, -0.15) is 0 Å². The zero-order chi connectivity index (χ0) is 20.9. The predicted octanol–water partition coefficient (Wildman–Crippen LogP) is 4.07. The molecule has 0 bridgehead atoms. The van der Waals surface area contributed by atoms with Gasteiger partial charge in [0.25, 0.3) is 0 Å². The first-order valence-electron chi connectivity index (χ1n) is 10.4. The van der Waals surface area contributed by atoms with E-state index >= 15 is 0 Å². The van der Waals surface area contributed by atoms with Crippen molar-refractivity contribution in [3.8, 4) is 0 Å². The molecule has 0 heterocycles. The van der Waals surface area contributed by atoms with E-state index in [1.807, 2.05) is 26.1 Å². The summed E-state index contributed by atoms with van der Waals surface area (Å²) in [5.74, 6) is 0.557. The molecule has 0 fully saturated rings. The summed E-state index contributed by atoms with van der Waals surface area (Å²) >= 11 is 6.20. The van der Waals surface area contributed by atoms with E-state index in [9.17, 15) is 8.42 Å². The molecule has 2 aromatic rings. The van der Waals surface area contributed by atoms with E-state index < -0.39 is 10.0 Å². The van der Waals surface area contributed by atoms with Crippen molar-refractivity contribution < 1.29 is 8.42 Å². The zero-order valence-corrected chi connectivity index (χ0v) is 18.8. The predicted molar refractivity (Wildman–Crippen MR) is 121 cm³/mol. The van der Waals surface area contributed by atoms with E-state index in [2.05, 4.69) is 40.4 Å². The molecule has 0 saturated heterocycles. The monoisotopic (exact) mass is 434 g/mol. The fraction of sp³-hybridized carbons (Fsp3) is 0.478. The third-order valence-corrected chi connectivity index (χ3v) is 7.57. The van der Waals surface area contributed by atoms with Crippen molar-refractivity contribution >= 4 is 21.6 Å².